The van der Waals surface area contributed by atoms with Crippen molar-refractivity contribution in [2.75, 3.05) is 0 Å². The number of hydrogen-bond acceptors (Lipinski definition) is 3. The van der Waals surface area contributed by atoms with Crippen LogP contribution >= 0.6 is 0 Å². The average Bonchev–Trinajstić information content (AvgIpc) is 2.75. The van der Waals surface area contributed by atoms with Crippen LogP contribution in [0.15, 0.2) is 29.5 Å². The summed E-state index contributed by atoms with van der Waals surface area (Å²) >= 11 is 0. The predicted molar refractivity (Wildman–Crippen MR) is 61.0 cm³/mol. The molecule has 3 N–H and O–H groups in total. The van der Waals surface area contributed by atoms with Crippen LogP contribution in [0.4, 0.5) is 4.79 Å². The molecule has 1 aliphatic rings. The number of nitrogens with zero attached hydrogens (tertiary/aromatic N) is 2. The molecule has 84 valence electrons. The highest BCUT2D eigenvalue weighted by Gasteiger charge is 2.25. The Morgan fingerprint density at radius 1 is 1.56 bits per heavy atom. The van der Waals surface area contributed by atoms with Crippen molar-refractivity contribution in [2.45, 2.75) is 25.2 Å². The lowest BCUT2D eigenvalue weighted by Crippen LogP contribution is -2.26. The molecule has 0 aliphatic heterocycles. The Morgan fingerprint density at radius 3 is 3.12 bits per heavy atom. The van der Waals surface area contributed by atoms with E-state index in [9.17, 15) is 4.79 Å². The Morgan fingerprint density at radius 2 is 2.44 bits per heavy atom. The minimum atomic E-state index is -0.626. The first kappa shape index (κ1) is 10.6. The summed E-state index contributed by atoms with van der Waals surface area (Å²) in [6.45, 7) is 0. The molecule has 0 bridgehead atoms. The fourth-order valence-corrected chi connectivity index (χ4v) is 1.99. The molecule has 1 fully saturated rings. The van der Waals surface area contributed by atoms with Crippen molar-refractivity contribution in [1.82, 2.24) is 10.4 Å². The Labute approximate surface area is 93.8 Å². The summed E-state index contributed by atoms with van der Waals surface area (Å²) in [6, 6.07) is 5.20. The molecule has 1 aromatic heterocycles. The maximum absolute atomic E-state index is 10.6. The van der Waals surface area contributed by atoms with Gasteiger partial charge in [0.25, 0.3) is 0 Å². The van der Waals surface area contributed by atoms with E-state index in [1.807, 2.05) is 18.2 Å². The third-order valence-electron chi connectivity index (χ3n) is 2.68. The Bertz CT molecular complexity index is 402. The normalized spacial score (nSPS) is 22.2. The standard InChI is InChI=1S/C11H14N4O/c12-11(16)15-14-10-6-3-4-8(10)9-5-1-2-7-13-9/h1-2,5,7-8H,3-4,6H2,(H3,12,15,16)/b14-10-/t8-/m1/s1. The molecule has 1 heterocycles. The zero-order chi connectivity index (χ0) is 11.4. The van der Waals surface area contributed by atoms with E-state index in [1.54, 1.807) is 6.20 Å². The molecule has 0 saturated heterocycles. The number of pyridine rings is 1. The predicted octanol–water partition coefficient (Wildman–Crippen LogP) is 1.37. The van der Waals surface area contributed by atoms with Gasteiger partial charge in [-0.2, -0.15) is 5.10 Å². The van der Waals surface area contributed by atoms with Gasteiger partial charge in [0.1, 0.15) is 0 Å². The lowest BCUT2D eigenvalue weighted by Gasteiger charge is -2.09. The van der Waals surface area contributed by atoms with Gasteiger partial charge in [0.15, 0.2) is 0 Å². The van der Waals surface area contributed by atoms with Gasteiger partial charge in [-0.25, -0.2) is 10.2 Å². The van der Waals surface area contributed by atoms with Crippen molar-refractivity contribution < 1.29 is 4.79 Å². The van der Waals surface area contributed by atoms with Crippen LogP contribution in [0.3, 0.4) is 0 Å². The number of amides is 2. The number of aromatic nitrogens is 1. The number of hydrazone groups is 1. The van der Waals surface area contributed by atoms with Crippen molar-refractivity contribution in [3.8, 4) is 0 Å². The van der Waals surface area contributed by atoms with E-state index in [4.69, 9.17) is 5.73 Å². The number of rotatable bonds is 2. The summed E-state index contributed by atoms with van der Waals surface area (Å²) in [5, 5.41) is 4.03. The molecule has 16 heavy (non-hydrogen) atoms. The monoisotopic (exact) mass is 218 g/mol. The van der Waals surface area contributed by atoms with Crippen molar-refractivity contribution in [3.05, 3.63) is 30.1 Å². The van der Waals surface area contributed by atoms with Gasteiger partial charge in [0, 0.05) is 23.5 Å². The van der Waals surface area contributed by atoms with E-state index in [0.717, 1.165) is 30.7 Å². The number of carbonyl (C=O) groups is 1. The summed E-state index contributed by atoms with van der Waals surface area (Å²) in [5.41, 5.74) is 9.23. The van der Waals surface area contributed by atoms with Gasteiger partial charge in [-0.15, -0.1) is 0 Å². The van der Waals surface area contributed by atoms with E-state index in [0.29, 0.717) is 0 Å². The highest BCUT2D eigenvalue weighted by Crippen LogP contribution is 2.30. The van der Waals surface area contributed by atoms with Crippen LogP contribution in [0.2, 0.25) is 0 Å². The largest absolute Gasteiger partial charge is 0.350 e. The molecule has 0 aromatic carbocycles. The third-order valence-corrected chi connectivity index (χ3v) is 2.68. The highest BCUT2D eigenvalue weighted by atomic mass is 16.2. The van der Waals surface area contributed by atoms with Crippen molar-refractivity contribution in [2.24, 2.45) is 10.8 Å². The average molecular weight is 218 g/mol. The first-order valence-corrected chi connectivity index (χ1v) is 5.30. The molecular formula is C11H14N4O. The van der Waals surface area contributed by atoms with Crippen LogP contribution in [0, 0.1) is 0 Å². The van der Waals surface area contributed by atoms with Gasteiger partial charge in [-0.1, -0.05) is 6.07 Å². The van der Waals surface area contributed by atoms with Crippen LogP contribution in [0.5, 0.6) is 0 Å². The van der Waals surface area contributed by atoms with Crippen LogP contribution in [0.1, 0.15) is 30.9 Å². The highest BCUT2D eigenvalue weighted by molar-refractivity contribution is 5.93. The zero-order valence-electron chi connectivity index (χ0n) is 8.89. The smallest absolute Gasteiger partial charge is 0.332 e. The molecule has 0 radical (unpaired) electrons. The maximum Gasteiger partial charge on any atom is 0.332 e. The van der Waals surface area contributed by atoms with Gasteiger partial charge in [0.2, 0.25) is 0 Å². The molecule has 1 saturated carbocycles. The number of urea groups is 1. The molecule has 1 aliphatic carbocycles. The van der Waals surface area contributed by atoms with E-state index in [1.165, 1.54) is 0 Å². The molecule has 1 atom stereocenters. The van der Waals surface area contributed by atoms with Gasteiger partial charge in [0.05, 0.1) is 0 Å². The molecule has 2 rings (SSSR count). The number of hydrogen-bond donors (Lipinski definition) is 2. The van der Waals surface area contributed by atoms with Gasteiger partial charge < -0.3 is 5.73 Å². The topological polar surface area (TPSA) is 80.4 Å². The number of nitrogens with one attached hydrogen (secondary N) is 1. The number of primary amides is 1. The lowest BCUT2D eigenvalue weighted by atomic mass is 10.0. The summed E-state index contributed by atoms with van der Waals surface area (Å²) in [5.74, 6) is 0.216. The third kappa shape index (κ3) is 2.36. The van der Waals surface area contributed by atoms with Crippen LogP contribution < -0.4 is 11.2 Å². The van der Waals surface area contributed by atoms with E-state index >= 15 is 0 Å². The lowest BCUT2D eigenvalue weighted by molar-refractivity contribution is 0.249. The second-order valence-electron chi connectivity index (χ2n) is 3.78. The first-order valence-electron chi connectivity index (χ1n) is 5.30. The molecule has 5 nitrogen and oxygen atoms in total. The van der Waals surface area contributed by atoms with Gasteiger partial charge >= 0.3 is 6.03 Å². The molecule has 0 spiro atoms. The summed E-state index contributed by atoms with van der Waals surface area (Å²) in [4.78, 5) is 14.9. The first-order chi connectivity index (χ1) is 7.77. The van der Waals surface area contributed by atoms with Crippen molar-refractivity contribution in [3.63, 3.8) is 0 Å². The minimum Gasteiger partial charge on any atom is -0.350 e. The maximum atomic E-state index is 10.6. The second-order valence-corrected chi connectivity index (χ2v) is 3.78. The molecule has 5 heteroatoms. The Kier molecular flexibility index (Phi) is 3.14. The molecule has 0 unspecified atom stereocenters. The van der Waals surface area contributed by atoms with Crippen LogP contribution in [0.25, 0.3) is 0 Å². The minimum absolute atomic E-state index is 0.216. The molecule has 2 amide bonds. The Balaban J connectivity index is 2.15. The van der Waals surface area contributed by atoms with E-state index in [-0.39, 0.29) is 5.92 Å². The van der Waals surface area contributed by atoms with E-state index < -0.39 is 6.03 Å². The van der Waals surface area contributed by atoms with E-state index in [2.05, 4.69) is 15.5 Å². The molecular weight excluding hydrogens is 204 g/mol. The van der Waals surface area contributed by atoms with Crippen LogP contribution in [-0.4, -0.2) is 16.7 Å². The number of nitrogens with two attached hydrogens (primary N) is 1. The Hall–Kier alpha value is -1.91. The second kappa shape index (κ2) is 4.74. The summed E-state index contributed by atoms with van der Waals surface area (Å²) in [7, 11) is 0. The van der Waals surface area contributed by atoms with Gasteiger partial charge in [-0.05, 0) is 31.4 Å². The van der Waals surface area contributed by atoms with Crippen molar-refractivity contribution >= 4 is 11.7 Å². The molecule has 1 aromatic rings. The fourth-order valence-electron chi connectivity index (χ4n) is 1.99. The van der Waals surface area contributed by atoms with Crippen LogP contribution in [-0.2, 0) is 0 Å². The quantitative estimate of drug-likeness (QED) is 0.735. The zero-order valence-corrected chi connectivity index (χ0v) is 8.89. The fraction of sp³-hybridized carbons (Fsp3) is 0.364. The van der Waals surface area contributed by atoms with Gasteiger partial charge in [-0.3, -0.25) is 4.98 Å². The summed E-state index contributed by atoms with van der Waals surface area (Å²) < 4.78 is 0. The summed E-state index contributed by atoms with van der Waals surface area (Å²) in [6.07, 6.45) is 4.76. The SMILES string of the molecule is NC(=O)N/N=C1/CCC[C@@H]1c1ccccn1. The van der Waals surface area contributed by atoms with Crippen molar-refractivity contribution in [1.29, 1.82) is 0 Å². The number of carbonyl (C=O) groups excluding carboxylic acids is 1.